The SMILES string of the molecule is CNC(=O)NC(=O)CN(Cc1ccc(C(C)C)cc1)c1ccc(OC)cc1. The molecular weight excluding hydrogens is 342 g/mol. The minimum Gasteiger partial charge on any atom is -0.497 e. The predicted molar refractivity (Wildman–Crippen MR) is 107 cm³/mol. The summed E-state index contributed by atoms with van der Waals surface area (Å²) in [4.78, 5) is 25.5. The van der Waals surface area contributed by atoms with Crippen LogP contribution in [0.15, 0.2) is 48.5 Å². The highest BCUT2D eigenvalue weighted by molar-refractivity contribution is 5.96. The molecule has 0 radical (unpaired) electrons. The predicted octanol–water partition coefficient (Wildman–Crippen LogP) is 3.28. The van der Waals surface area contributed by atoms with Crippen molar-refractivity contribution in [2.75, 3.05) is 25.6 Å². The van der Waals surface area contributed by atoms with Gasteiger partial charge < -0.3 is 15.0 Å². The van der Waals surface area contributed by atoms with E-state index in [2.05, 4.69) is 48.7 Å². The molecule has 27 heavy (non-hydrogen) atoms. The zero-order valence-corrected chi connectivity index (χ0v) is 16.3. The maximum atomic E-state index is 12.2. The first-order chi connectivity index (χ1) is 12.9. The molecule has 0 spiro atoms. The molecule has 6 nitrogen and oxygen atoms in total. The lowest BCUT2D eigenvalue weighted by atomic mass is 10.0. The number of anilines is 1. The summed E-state index contributed by atoms with van der Waals surface area (Å²) in [5, 5.41) is 4.69. The number of amides is 3. The third kappa shape index (κ3) is 6.02. The van der Waals surface area contributed by atoms with Gasteiger partial charge in [-0.05, 0) is 41.3 Å². The molecule has 2 N–H and O–H groups in total. The van der Waals surface area contributed by atoms with Gasteiger partial charge in [-0.25, -0.2) is 4.79 Å². The molecule has 144 valence electrons. The Morgan fingerprint density at radius 1 is 1.04 bits per heavy atom. The van der Waals surface area contributed by atoms with Crippen LogP contribution in [0.25, 0.3) is 0 Å². The normalized spacial score (nSPS) is 10.4. The number of urea groups is 1. The molecule has 0 aliphatic rings. The number of ether oxygens (including phenoxy) is 1. The first-order valence-corrected chi connectivity index (χ1v) is 8.92. The summed E-state index contributed by atoms with van der Waals surface area (Å²) >= 11 is 0. The molecule has 0 aromatic heterocycles. The van der Waals surface area contributed by atoms with Gasteiger partial charge in [0.1, 0.15) is 5.75 Å². The van der Waals surface area contributed by atoms with Gasteiger partial charge in [0.05, 0.1) is 13.7 Å². The first kappa shape index (κ1) is 20.3. The van der Waals surface area contributed by atoms with Crippen molar-refractivity contribution in [3.8, 4) is 5.75 Å². The molecule has 0 aliphatic heterocycles. The Labute approximate surface area is 160 Å². The second-order valence-corrected chi connectivity index (χ2v) is 6.58. The third-order valence-electron chi connectivity index (χ3n) is 4.27. The fraction of sp³-hybridized carbons (Fsp3) is 0.333. The van der Waals surface area contributed by atoms with Crippen molar-refractivity contribution in [2.45, 2.75) is 26.3 Å². The zero-order valence-electron chi connectivity index (χ0n) is 16.3. The summed E-state index contributed by atoms with van der Waals surface area (Å²) in [6.45, 7) is 4.92. The van der Waals surface area contributed by atoms with Gasteiger partial charge in [0, 0.05) is 19.3 Å². The van der Waals surface area contributed by atoms with Gasteiger partial charge in [-0.2, -0.15) is 0 Å². The van der Waals surface area contributed by atoms with Crippen LogP contribution in [0.4, 0.5) is 10.5 Å². The lowest BCUT2D eigenvalue weighted by Crippen LogP contribution is -2.43. The Bertz CT molecular complexity index is 755. The van der Waals surface area contributed by atoms with Gasteiger partial charge in [0.25, 0.3) is 0 Å². The van der Waals surface area contributed by atoms with E-state index in [9.17, 15) is 9.59 Å². The van der Waals surface area contributed by atoms with Crippen LogP contribution in [0.1, 0.15) is 30.9 Å². The smallest absolute Gasteiger partial charge is 0.321 e. The van der Waals surface area contributed by atoms with E-state index in [1.165, 1.54) is 12.6 Å². The van der Waals surface area contributed by atoms with Crippen molar-refractivity contribution in [3.63, 3.8) is 0 Å². The van der Waals surface area contributed by atoms with E-state index >= 15 is 0 Å². The number of carbonyl (C=O) groups excluding carboxylic acids is 2. The highest BCUT2D eigenvalue weighted by Gasteiger charge is 2.14. The molecule has 0 atom stereocenters. The molecule has 0 fully saturated rings. The van der Waals surface area contributed by atoms with Crippen LogP contribution in [0.3, 0.4) is 0 Å². The largest absolute Gasteiger partial charge is 0.497 e. The van der Waals surface area contributed by atoms with E-state index in [-0.39, 0.29) is 12.5 Å². The van der Waals surface area contributed by atoms with E-state index in [0.717, 1.165) is 17.0 Å². The van der Waals surface area contributed by atoms with Crippen molar-refractivity contribution in [1.29, 1.82) is 0 Å². The van der Waals surface area contributed by atoms with Gasteiger partial charge in [0.15, 0.2) is 0 Å². The van der Waals surface area contributed by atoms with E-state index in [1.807, 2.05) is 29.2 Å². The van der Waals surface area contributed by atoms with Crippen LogP contribution in [0.5, 0.6) is 5.75 Å². The van der Waals surface area contributed by atoms with Crippen molar-refractivity contribution < 1.29 is 14.3 Å². The number of rotatable bonds is 7. The van der Waals surface area contributed by atoms with Gasteiger partial charge in [0.2, 0.25) is 5.91 Å². The minimum atomic E-state index is -0.518. The van der Waals surface area contributed by atoms with Crippen LogP contribution in [-0.4, -0.2) is 32.6 Å². The van der Waals surface area contributed by atoms with Crippen LogP contribution >= 0.6 is 0 Å². The van der Waals surface area contributed by atoms with Gasteiger partial charge >= 0.3 is 6.03 Å². The van der Waals surface area contributed by atoms with Crippen LogP contribution in [0.2, 0.25) is 0 Å². The van der Waals surface area contributed by atoms with Crippen LogP contribution < -0.4 is 20.3 Å². The van der Waals surface area contributed by atoms with Crippen molar-refractivity contribution in [3.05, 3.63) is 59.7 Å². The number of imide groups is 1. The van der Waals surface area contributed by atoms with E-state index in [1.54, 1.807) is 7.11 Å². The quantitative estimate of drug-likeness (QED) is 0.786. The Morgan fingerprint density at radius 3 is 2.19 bits per heavy atom. The zero-order chi connectivity index (χ0) is 19.8. The maximum absolute atomic E-state index is 12.2. The fourth-order valence-corrected chi connectivity index (χ4v) is 2.66. The second kappa shape index (κ2) is 9.62. The van der Waals surface area contributed by atoms with E-state index in [0.29, 0.717) is 12.5 Å². The Hall–Kier alpha value is -3.02. The summed E-state index contributed by atoms with van der Waals surface area (Å²) in [5.74, 6) is 0.842. The molecule has 2 rings (SSSR count). The number of nitrogens with one attached hydrogen (secondary N) is 2. The third-order valence-corrected chi connectivity index (χ3v) is 4.27. The molecule has 0 aliphatic carbocycles. The topological polar surface area (TPSA) is 70.7 Å². The maximum Gasteiger partial charge on any atom is 0.321 e. The molecule has 0 bridgehead atoms. The van der Waals surface area contributed by atoms with Gasteiger partial charge in [-0.15, -0.1) is 0 Å². The fourth-order valence-electron chi connectivity index (χ4n) is 2.66. The van der Waals surface area contributed by atoms with Crippen molar-refractivity contribution in [1.82, 2.24) is 10.6 Å². The van der Waals surface area contributed by atoms with E-state index in [4.69, 9.17) is 4.74 Å². The molecule has 0 saturated carbocycles. The number of hydrogen-bond donors (Lipinski definition) is 2. The van der Waals surface area contributed by atoms with Crippen molar-refractivity contribution in [2.24, 2.45) is 0 Å². The van der Waals surface area contributed by atoms with Crippen LogP contribution in [-0.2, 0) is 11.3 Å². The molecule has 2 aromatic carbocycles. The highest BCUT2D eigenvalue weighted by Crippen LogP contribution is 2.22. The number of methoxy groups -OCH3 is 1. The van der Waals surface area contributed by atoms with Gasteiger partial charge in [-0.3, -0.25) is 10.1 Å². The van der Waals surface area contributed by atoms with E-state index < -0.39 is 6.03 Å². The molecule has 3 amide bonds. The lowest BCUT2D eigenvalue weighted by molar-refractivity contribution is -0.118. The molecule has 2 aromatic rings. The number of benzene rings is 2. The van der Waals surface area contributed by atoms with Gasteiger partial charge in [-0.1, -0.05) is 38.1 Å². The molecular formula is C21H27N3O3. The molecule has 0 heterocycles. The first-order valence-electron chi connectivity index (χ1n) is 8.92. The summed E-state index contributed by atoms with van der Waals surface area (Å²) in [6, 6.07) is 15.3. The monoisotopic (exact) mass is 369 g/mol. The van der Waals surface area contributed by atoms with Crippen molar-refractivity contribution >= 4 is 17.6 Å². The average molecular weight is 369 g/mol. The van der Waals surface area contributed by atoms with Crippen LogP contribution in [0, 0.1) is 0 Å². The average Bonchev–Trinajstić information content (AvgIpc) is 2.67. The lowest BCUT2D eigenvalue weighted by Gasteiger charge is -2.24. The number of nitrogens with zero attached hydrogens (tertiary/aromatic N) is 1. The molecule has 0 unspecified atom stereocenters. The Balaban J connectivity index is 2.19. The summed E-state index contributed by atoms with van der Waals surface area (Å²) in [5.41, 5.74) is 3.23. The number of hydrogen-bond acceptors (Lipinski definition) is 4. The highest BCUT2D eigenvalue weighted by atomic mass is 16.5. The summed E-state index contributed by atoms with van der Waals surface area (Å²) in [7, 11) is 3.08. The number of carbonyl (C=O) groups is 2. The second-order valence-electron chi connectivity index (χ2n) is 6.58. The summed E-state index contributed by atoms with van der Waals surface area (Å²) in [6.07, 6.45) is 0. The summed E-state index contributed by atoms with van der Waals surface area (Å²) < 4.78 is 5.20. The molecule has 0 saturated heterocycles. The Kier molecular flexibility index (Phi) is 7.23. The standard InChI is InChI=1S/C21H27N3O3/c1-15(2)17-7-5-16(6-8-17)13-24(14-20(25)23-21(26)22-3)18-9-11-19(27-4)12-10-18/h5-12,15H,13-14H2,1-4H3,(H2,22,23,25,26). The Morgan fingerprint density at radius 2 is 1.67 bits per heavy atom. The molecule has 6 heteroatoms. The minimum absolute atomic E-state index is 0.0612.